The van der Waals surface area contributed by atoms with Crippen molar-refractivity contribution in [2.24, 2.45) is 0 Å². The Kier molecular flexibility index (Phi) is 6.21. The van der Waals surface area contributed by atoms with E-state index in [0.29, 0.717) is 23.5 Å². The lowest BCUT2D eigenvalue weighted by Crippen LogP contribution is -2.32. The van der Waals surface area contributed by atoms with E-state index in [9.17, 15) is 9.59 Å². The van der Waals surface area contributed by atoms with Gasteiger partial charge in [0, 0.05) is 19.1 Å². The van der Waals surface area contributed by atoms with Crippen molar-refractivity contribution in [2.45, 2.75) is 39.5 Å². The number of hydrogen-bond acceptors (Lipinski definition) is 4. The molecule has 0 bridgehead atoms. The van der Waals surface area contributed by atoms with Gasteiger partial charge in [0.25, 0.3) is 5.56 Å². The number of rotatable bonds is 7. The summed E-state index contributed by atoms with van der Waals surface area (Å²) in [5.41, 5.74) is 2.68. The van der Waals surface area contributed by atoms with Crippen molar-refractivity contribution in [2.75, 3.05) is 7.05 Å². The summed E-state index contributed by atoms with van der Waals surface area (Å²) in [5.74, 6) is -0.216. The third-order valence-corrected chi connectivity index (χ3v) is 4.94. The van der Waals surface area contributed by atoms with Crippen LogP contribution in [0.5, 0.6) is 0 Å². The normalized spacial score (nSPS) is 11.3. The van der Waals surface area contributed by atoms with E-state index in [1.54, 1.807) is 18.2 Å². The lowest BCUT2D eigenvalue weighted by molar-refractivity contribution is -0.121. The predicted molar refractivity (Wildman–Crippen MR) is 111 cm³/mol. The van der Waals surface area contributed by atoms with Gasteiger partial charge < -0.3 is 5.32 Å². The molecule has 0 saturated heterocycles. The van der Waals surface area contributed by atoms with Crippen molar-refractivity contribution < 1.29 is 4.79 Å². The second-order valence-corrected chi connectivity index (χ2v) is 7.25. The fourth-order valence-corrected chi connectivity index (χ4v) is 2.96. The van der Waals surface area contributed by atoms with Crippen molar-refractivity contribution in [1.29, 1.82) is 0 Å². The maximum absolute atomic E-state index is 12.5. The predicted octanol–water partition coefficient (Wildman–Crippen LogP) is 2.55. The van der Waals surface area contributed by atoms with Gasteiger partial charge in [-0.25, -0.2) is 4.98 Å². The van der Waals surface area contributed by atoms with Crippen LogP contribution in [0, 0.1) is 0 Å². The molecule has 3 rings (SSSR count). The maximum atomic E-state index is 12.5. The molecule has 0 spiro atoms. The van der Waals surface area contributed by atoms with Crippen LogP contribution in [0.15, 0.2) is 59.7 Å². The first kappa shape index (κ1) is 19.8. The molecule has 1 heterocycles. The summed E-state index contributed by atoms with van der Waals surface area (Å²) in [6.07, 6.45) is 1.43. The topological polar surface area (TPSA) is 67.2 Å². The van der Waals surface area contributed by atoms with Gasteiger partial charge in [0.2, 0.25) is 5.91 Å². The van der Waals surface area contributed by atoms with E-state index < -0.39 is 0 Å². The molecule has 28 heavy (non-hydrogen) atoms. The average molecular weight is 378 g/mol. The van der Waals surface area contributed by atoms with E-state index in [2.05, 4.69) is 42.2 Å². The standard InChI is InChI=1S/C22H26N4O2/c1-16(2)25(3)13-18-9-5-4-8-17(18)12-23-21(27)14-26-15-24-20-11-7-6-10-19(20)22(26)28/h4-11,15-16H,12-14H2,1-3H3,(H,23,27). The Balaban J connectivity index is 1.67. The Hall–Kier alpha value is -2.99. The number of amides is 1. The molecule has 6 heteroatoms. The molecule has 0 unspecified atom stereocenters. The highest BCUT2D eigenvalue weighted by atomic mass is 16.2. The highest BCUT2D eigenvalue weighted by Crippen LogP contribution is 2.12. The summed E-state index contributed by atoms with van der Waals surface area (Å²) in [6.45, 7) is 5.50. The first-order valence-electron chi connectivity index (χ1n) is 9.43. The van der Waals surface area contributed by atoms with Crippen LogP contribution in [-0.4, -0.2) is 33.4 Å². The van der Waals surface area contributed by atoms with Crippen LogP contribution in [0.25, 0.3) is 10.9 Å². The third kappa shape index (κ3) is 4.64. The van der Waals surface area contributed by atoms with Gasteiger partial charge in [0.15, 0.2) is 0 Å². The van der Waals surface area contributed by atoms with Crippen LogP contribution in [0.3, 0.4) is 0 Å². The van der Waals surface area contributed by atoms with Gasteiger partial charge >= 0.3 is 0 Å². The average Bonchev–Trinajstić information content (AvgIpc) is 2.69. The fraction of sp³-hybridized carbons (Fsp3) is 0.318. The molecule has 0 radical (unpaired) electrons. The molecule has 0 aliphatic heterocycles. The molecule has 0 atom stereocenters. The van der Waals surface area contributed by atoms with Crippen LogP contribution in [0.2, 0.25) is 0 Å². The van der Waals surface area contributed by atoms with E-state index in [0.717, 1.165) is 12.1 Å². The van der Waals surface area contributed by atoms with Gasteiger partial charge in [-0.1, -0.05) is 36.4 Å². The first-order chi connectivity index (χ1) is 13.5. The van der Waals surface area contributed by atoms with Crippen LogP contribution >= 0.6 is 0 Å². The van der Waals surface area contributed by atoms with Gasteiger partial charge in [-0.15, -0.1) is 0 Å². The molecule has 0 fully saturated rings. The zero-order valence-electron chi connectivity index (χ0n) is 16.6. The molecule has 0 saturated carbocycles. The van der Waals surface area contributed by atoms with Crippen molar-refractivity contribution in [3.05, 3.63) is 76.3 Å². The summed E-state index contributed by atoms with van der Waals surface area (Å²) < 4.78 is 1.34. The smallest absolute Gasteiger partial charge is 0.261 e. The molecule has 3 aromatic rings. The third-order valence-electron chi connectivity index (χ3n) is 4.94. The largest absolute Gasteiger partial charge is 0.350 e. The van der Waals surface area contributed by atoms with Crippen molar-refractivity contribution >= 4 is 16.8 Å². The van der Waals surface area contributed by atoms with Gasteiger partial charge in [-0.3, -0.25) is 19.1 Å². The van der Waals surface area contributed by atoms with Crippen molar-refractivity contribution in [3.63, 3.8) is 0 Å². The number of carbonyl (C=O) groups is 1. The molecular weight excluding hydrogens is 352 g/mol. The molecule has 0 aliphatic rings. The Morgan fingerprint density at radius 1 is 1.11 bits per heavy atom. The number of para-hydroxylation sites is 1. The first-order valence-corrected chi connectivity index (χ1v) is 9.43. The molecule has 0 aliphatic carbocycles. The quantitative estimate of drug-likeness (QED) is 0.686. The summed E-state index contributed by atoms with van der Waals surface area (Å²) >= 11 is 0. The van der Waals surface area contributed by atoms with Crippen LogP contribution in [-0.2, 0) is 24.4 Å². The maximum Gasteiger partial charge on any atom is 0.261 e. The van der Waals surface area contributed by atoms with E-state index in [1.165, 1.54) is 16.5 Å². The minimum Gasteiger partial charge on any atom is -0.350 e. The highest BCUT2D eigenvalue weighted by molar-refractivity contribution is 5.78. The second kappa shape index (κ2) is 8.80. The van der Waals surface area contributed by atoms with Gasteiger partial charge in [-0.05, 0) is 44.2 Å². The number of nitrogens with one attached hydrogen (secondary N) is 1. The molecule has 2 aromatic carbocycles. The monoisotopic (exact) mass is 378 g/mol. The molecule has 1 amide bonds. The molecular formula is C22H26N4O2. The summed E-state index contributed by atoms with van der Waals surface area (Å²) in [6, 6.07) is 15.7. The van der Waals surface area contributed by atoms with E-state index in [1.807, 2.05) is 24.3 Å². The Labute approximate surface area is 164 Å². The Morgan fingerprint density at radius 3 is 2.54 bits per heavy atom. The van der Waals surface area contributed by atoms with Gasteiger partial charge in [-0.2, -0.15) is 0 Å². The number of fused-ring (bicyclic) bond motifs is 1. The summed E-state index contributed by atoms with van der Waals surface area (Å²) in [5, 5.41) is 3.43. The summed E-state index contributed by atoms with van der Waals surface area (Å²) in [7, 11) is 2.08. The highest BCUT2D eigenvalue weighted by Gasteiger charge is 2.11. The summed E-state index contributed by atoms with van der Waals surface area (Å²) in [4.78, 5) is 31.4. The SMILES string of the molecule is CC(C)N(C)Cc1ccccc1CNC(=O)Cn1cnc2ccccc2c1=O. The van der Waals surface area contributed by atoms with Crippen molar-refractivity contribution in [3.8, 4) is 0 Å². The van der Waals surface area contributed by atoms with Crippen molar-refractivity contribution in [1.82, 2.24) is 19.8 Å². The van der Waals surface area contributed by atoms with Gasteiger partial charge in [0.05, 0.1) is 17.2 Å². The zero-order valence-corrected chi connectivity index (χ0v) is 16.6. The Bertz CT molecular complexity index is 1030. The number of nitrogens with zero attached hydrogens (tertiary/aromatic N) is 3. The van der Waals surface area contributed by atoms with E-state index in [4.69, 9.17) is 0 Å². The molecule has 6 nitrogen and oxygen atoms in total. The number of carbonyl (C=O) groups excluding carboxylic acids is 1. The second-order valence-electron chi connectivity index (χ2n) is 7.25. The molecule has 1 N–H and O–H groups in total. The lowest BCUT2D eigenvalue weighted by atomic mass is 10.1. The van der Waals surface area contributed by atoms with E-state index >= 15 is 0 Å². The molecule has 146 valence electrons. The van der Waals surface area contributed by atoms with Crippen LogP contribution in [0.1, 0.15) is 25.0 Å². The minimum absolute atomic E-state index is 0.0509. The van der Waals surface area contributed by atoms with Crippen LogP contribution in [0.4, 0.5) is 0 Å². The Morgan fingerprint density at radius 2 is 1.79 bits per heavy atom. The minimum atomic E-state index is -0.216. The van der Waals surface area contributed by atoms with Gasteiger partial charge in [0.1, 0.15) is 6.54 Å². The fourth-order valence-electron chi connectivity index (χ4n) is 2.96. The number of benzene rings is 2. The van der Waals surface area contributed by atoms with Crippen LogP contribution < -0.4 is 10.9 Å². The number of aromatic nitrogens is 2. The lowest BCUT2D eigenvalue weighted by Gasteiger charge is -2.22. The number of hydrogen-bond donors (Lipinski definition) is 1. The molecule has 1 aromatic heterocycles. The van der Waals surface area contributed by atoms with E-state index in [-0.39, 0.29) is 18.0 Å². The zero-order chi connectivity index (χ0) is 20.1.